The van der Waals surface area contributed by atoms with E-state index in [9.17, 15) is 10.1 Å². The number of rotatable bonds is 4. The van der Waals surface area contributed by atoms with E-state index >= 15 is 0 Å². The summed E-state index contributed by atoms with van der Waals surface area (Å²) < 4.78 is 1.48. The second-order valence-electron chi connectivity index (χ2n) is 5.44. The van der Waals surface area contributed by atoms with Gasteiger partial charge in [-0.2, -0.15) is 0 Å². The predicted octanol–water partition coefficient (Wildman–Crippen LogP) is 2.09. The highest BCUT2D eigenvalue weighted by Gasteiger charge is 2.24. The second-order valence-corrected chi connectivity index (χ2v) is 5.44. The Morgan fingerprint density at radius 3 is 2.52 bits per heavy atom. The summed E-state index contributed by atoms with van der Waals surface area (Å²) >= 11 is 0. The molecule has 0 aliphatic carbocycles. The van der Waals surface area contributed by atoms with Crippen molar-refractivity contribution in [3.63, 3.8) is 0 Å². The molecule has 0 radical (unpaired) electrons. The van der Waals surface area contributed by atoms with Crippen LogP contribution in [0.2, 0.25) is 0 Å². The van der Waals surface area contributed by atoms with E-state index < -0.39 is 4.92 Å². The number of benzene rings is 1. The van der Waals surface area contributed by atoms with Crippen LogP contribution in [0.4, 0.5) is 5.82 Å². The van der Waals surface area contributed by atoms with Crippen LogP contribution >= 0.6 is 0 Å². The average molecular weight is 313 g/mol. The largest absolute Gasteiger partial charge is 0.410 e. The average Bonchev–Trinajstić information content (AvgIpc) is 3.13. The molecule has 3 rings (SSSR count). The molecular formula is C14H15N7O2. The van der Waals surface area contributed by atoms with Crippen LogP contribution in [-0.4, -0.2) is 34.7 Å². The highest BCUT2D eigenvalue weighted by molar-refractivity contribution is 5.55. The Morgan fingerprint density at radius 2 is 1.91 bits per heavy atom. The molecule has 0 bridgehead atoms. The number of aromatic nitrogens is 6. The third kappa shape index (κ3) is 2.68. The molecule has 0 fully saturated rings. The van der Waals surface area contributed by atoms with Crippen LogP contribution in [0.3, 0.4) is 0 Å². The number of tetrazole rings is 1. The van der Waals surface area contributed by atoms with Gasteiger partial charge in [-0.25, -0.2) is 0 Å². The highest BCUT2D eigenvalue weighted by Crippen LogP contribution is 2.22. The Morgan fingerprint density at radius 1 is 1.22 bits per heavy atom. The number of nitrogens with zero attached hydrogens (tertiary/aromatic N) is 7. The molecule has 2 aromatic heterocycles. The summed E-state index contributed by atoms with van der Waals surface area (Å²) in [6, 6.07) is 7.84. The molecule has 9 heteroatoms. The van der Waals surface area contributed by atoms with Gasteiger partial charge < -0.3 is 10.1 Å². The summed E-state index contributed by atoms with van der Waals surface area (Å²) in [5, 5.41) is 23.1. The minimum absolute atomic E-state index is 0.160. The lowest BCUT2D eigenvalue weighted by molar-refractivity contribution is -0.389. The fraction of sp³-hybridized carbons (Fsp3) is 0.286. The minimum atomic E-state index is -0.574. The van der Waals surface area contributed by atoms with Crippen molar-refractivity contribution >= 4 is 5.82 Å². The van der Waals surface area contributed by atoms with Gasteiger partial charge in [0.1, 0.15) is 0 Å². The molecule has 0 aliphatic rings. The van der Waals surface area contributed by atoms with Crippen molar-refractivity contribution in [1.29, 1.82) is 0 Å². The van der Waals surface area contributed by atoms with E-state index in [0.717, 1.165) is 10.4 Å². The number of imidazole rings is 1. The normalized spacial score (nSPS) is 11.1. The summed E-state index contributed by atoms with van der Waals surface area (Å²) in [5.74, 6) is 0.680. The first kappa shape index (κ1) is 14.8. The first-order valence-corrected chi connectivity index (χ1v) is 7.04. The fourth-order valence-electron chi connectivity index (χ4n) is 2.21. The second kappa shape index (κ2) is 5.59. The minimum Gasteiger partial charge on any atom is -0.358 e. The van der Waals surface area contributed by atoms with Crippen LogP contribution < -0.4 is 0 Å². The lowest BCUT2D eigenvalue weighted by atomic mass is 10.0. The van der Waals surface area contributed by atoms with Gasteiger partial charge in [0.15, 0.2) is 0 Å². The Labute approximate surface area is 131 Å². The third-order valence-corrected chi connectivity index (χ3v) is 3.50. The van der Waals surface area contributed by atoms with Crippen LogP contribution in [-0.2, 0) is 7.05 Å². The topological polar surface area (TPSA) is 105 Å². The van der Waals surface area contributed by atoms with Crippen molar-refractivity contribution in [1.82, 2.24) is 29.8 Å². The van der Waals surface area contributed by atoms with Crippen LogP contribution in [0.1, 0.15) is 25.3 Å². The SMILES string of the molecule is CC(C)c1ccc(-c2nnn(-c3c([N+](=O)[O-])ncn3C)n2)cc1. The number of aryl methyl sites for hydroxylation is 1. The van der Waals surface area contributed by atoms with Crippen LogP contribution in [0.25, 0.3) is 17.2 Å². The molecule has 0 saturated heterocycles. The van der Waals surface area contributed by atoms with Gasteiger partial charge in [0.2, 0.25) is 12.2 Å². The van der Waals surface area contributed by atoms with Gasteiger partial charge in [0, 0.05) is 12.6 Å². The van der Waals surface area contributed by atoms with Gasteiger partial charge in [0.25, 0.3) is 5.82 Å². The molecule has 0 amide bonds. The van der Waals surface area contributed by atoms with Crippen molar-refractivity contribution in [3.8, 4) is 17.2 Å². The Kier molecular flexibility index (Phi) is 3.61. The van der Waals surface area contributed by atoms with E-state index in [-0.39, 0.29) is 11.6 Å². The molecule has 0 aliphatic heterocycles. The Bertz CT molecular complexity index is 848. The van der Waals surface area contributed by atoms with E-state index in [1.165, 1.54) is 16.5 Å². The first-order chi connectivity index (χ1) is 11.0. The van der Waals surface area contributed by atoms with Gasteiger partial charge in [0.05, 0.1) is 0 Å². The Balaban J connectivity index is 1.98. The van der Waals surface area contributed by atoms with Crippen molar-refractivity contribution < 1.29 is 4.92 Å². The van der Waals surface area contributed by atoms with E-state index in [4.69, 9.17) is 0 Å². The summed E-state index contributed by atoms with van der Waals surface area (Å²) in [5.41, 5.74) is 2.01. The lowest BCUT2D eigenvalue weighted by Crippen LogP contribution is -2.07. The third-order valence-electron chi connectivity index (χ3n) is 3.50. The van der Waals surface area contributed by atoms with Crippen molar-refractivity contribution in [2.24, 2.45) is 7.05 Å². The number of nitro groups is 1. The zero-order valence-electron chi connectivity index (χ0n) is 12.9. The summed E-state index contributed by atoms with van der Waals surface area (Å²) in [6.07, 6.45) is 1.34. The monoisotopic (exact) mass is 313 g/mol. The van der Waals surface area contributed by atoms with Gasteiger partial charge in [-0.3, -0.25) is 4.57 Å². The van der Waals surface area contributed by atoms with Gasteiger partial charge in [-0.15, -0.1) is 15.0 Å². The first-order valence-electron chi connectivity index (χ1n) is 7.04. The van der Waals surface area contributed by atoms with E-state index in [1.54, 1.807) is 7.05 Å². The zero-order valence-corrected chi connectivity index (χ0v) is 12.9. The maximum absolute atomic E-state index is 11.0. The molecule has 2 heterocycles. The molecular weight excluding hydrogens is 298 g/mol. The molecule has 0 saturated carbocycles. The number of hydrogen-bond donors (Lipinski definition) is 0. The summed E-state index contributed by atoms with van der Waals surface area (Å²) in [7, 11) is 1.63. The van der Waals surface area contributed by atoms with Gasteiger partial charge in [-0.1, -0.05) is 38.1 Å². The fourth-order valence-corrected chi connectivity index (χ4v) is 2.21. The molecule has 0 atom stereocenters. The predicted molar refractivity (Wildman–Crippen MR) is 82.1 cm³/mol. The molecule has 0 unspecified atom stereocenters. The van der Waals surface area contributed by atoms with Crippen LogP contribution in [0.5, 0.6) is 0 Å². The maximum Gasteiger partial charge on any atom is 0.410 e. The maximum atomic E-state index is 11.0. The van der Waals surface area contributed by atoms with Crippen molar-refractivity contribution in [2.45, 2.75) is 19.8 Å². The van der Waals surface area contributed by atoms with Crippen LogP contribution in [0.15, 0.2) is 30.6 Å². The standard InChI is InChI=1S/C14H15N7O2/c1-9(2)10-4-6-11(7-5-10)12-16-18-20(17-12)14-13(21(22)23)15-8-19(14)3/h4-9H,1-3H3. The summed E-state index contributed by atoms with van der Waals surface area (Å²) in [6.45, 7) is 4.23. The molecule has 0 spiro atoms. The summed E-state index contributed by atoms with van der Waals surface area (Å²) in [4.78, 5) is 15.3. The lowest BCUT2D eigenvalue weighted by Gasteiger charge is -2.04. The molecule has 0 N–H and O–H groups in total. The molecule has 9 nitrogen and oxygen atoms in total. The van der Waals surface area contributed by atoms with E-state index in [1.807, 2.05) is 24.3 Å². The highest BCUT2D eigenvalue weighted by atomic mass is 16.6. The van der Waals surface area contributed by atoms with Crippen molar-refractivity contribution in [2.75, 3.05) is 0 Å². The smallest absolute Gasteiger partial charge is 0.358 e. The molecule has 118 valence electrons. The van der Waals surface area contributed by atoms with Gasteiger partial charge >= 0.3 is 5.82 Å². The van der Waals surface area contributed by atoms with Gasteiger partial charge in [-0.05, 0) is 26.6 Å². The Hall–Kier alpha value is -3.10. The molecule has 23 heavy (non-hydrogen) atoms. The van der Waals surface area contributed by atoms with E-state index in [2.05, 4.69) is 34.2 Å². The molecule has 3 aromatic rings. The number of hydrogen-bond acceptors (Lipinski definition) is 6. The molecule has 1 aromatic carbocycles. The van der Waals surface area contributed by atoms with E-state index in [0.29, 0.717) is 11.7 Å². The van der Waals surface area contributed by atoms with Crippen molar-refractivity contribution in [3.05, 3.63) is 46.3 Å². The zero-order chi connectivity index (χ0) is 16.6. The van der Waals surface area contributed by atoms with Crippen LogP contribution in [0, 0.1) is 10.1 Å². The quantitative estimate of drug-likeness (QED) is 0.539.